The summed E-state index contributed by atoms with van der Waals surface area (Å²) in [6.07, 6.45) is 1.95. The molecule has 100 valence electrons. The summed E-state index contributed by atoms with van der Waals surface area (Å²) >= 11 is 1.26. The molecule has 6 heteroatoms. The van der Waals surface area contributed by atoms with Gasteiger partial charge in [-0.3, -0.25) is 0 Å². The molecule has 0 aliphatic carbocycles. The average Bonchev–Trinajstić information content (AvgIpc) is 2.71. The number of rotatable bonds is 5. The van der Waals surface area contributed by atoms with E-state index < -0.39 is 5.97 Å². The maximum absolute atomic E-state index is 11.6. The molecule has 0 unspecified atom stereocenters. The minimum Gasteiger partial charge on any atom is -0.465 e. The number of carbonyl (C=O) groups is 2. The summed E-state index contributed by atoms with van der Waals surface area (Å²) in [5, 5.41) is 7.24. The number of ether oxygens (including phenoxy) is 1. The highest BCUT2D eigenvalue weighted by molar-refractivity contribution is 7.12. The van der Waals surface area contributed by atoms with E-state index in [1.807, 2.05) is 12.3 Å². The number of urea groups is 1. The molecule has 18 heavy (non-hydrogen) atoms. The molecular formula is C12H18N2O3S. The number of thiophene rings is 1. The summed E-state index contributed by atoms with van der Waals surface area (Å²) in [4.78, 5) is 23.6. The first kappa shape index (κ1) is 14.5. The van der Waals surface area contributed by atoms with Crippen LogP contribution in [0.2, 0.25) is 0 Å². The van der Waals surface area contributed by atoms with E-state index in [1.54, 1.807) is 0 Å². The lowest BCUT2D eigenvalue weighted by atomic mass is 10.2. The Kier molecular flexibility index (Phi) is 5.64. The van der Waals surface area contributed by atoms with Crippen molar-refractivity contribution in [1.29, 1.82) is 0 Å². The molecule has 1 aromatic heterocycles. The monoisotopic (exact) mass is 270 g/mol. The smallest absolute Gasteiger partial charge is 0.350 e. The van der Waals surface area contributed by atoms with Gasteiger partial charge < -0.3 is 15.4 Å². The number of nitrogens with one attached hydrogen (secondary N) is 2. The van der Waals surface area contributed by atoms with E-state index in [4.69, 9.17) is 0 Å². The summed E-state index contributed by atoms with van der Waals surface area (Å²) in [5.41, 5.74) is 1.38. The molecule has 0 radical (unpaired) electrons. The number of aryl methyl sites for hydroxylation is 1. The highest BCUT2D eigenvalue weighted by Crippen LogP contribution is 2.28. The molecule has 1 heterocycles. The molecule has 0 fully saturated rings. The summed E-state index contributed by atoms with van der Waals surface area (Å²) in [7, 11) is 1.32. The molecule has 1 aromatic rings. The summed E-state index contributed by atoms with van der Waals surface area (Å²) in [6, 6.07) is -0.296. The predicted octanol–water partition coefficient (Wildman–Crippen LogP) is 2.76. The Hall–Kier alpha value is -1.56. The largest absolute Gasteiger partial charge is 0.465 e. The van der Waals surface area contributed by atoms with Crippen molar-refractivity contribution in [1.82, 2.24) is 5.32 Å². The van der Waals surface area contributed by atoms with E-state index in [9.17, 15) is 9.59 Å². The van der Waals surface area contributed by atoms with E-state index in [0.29, 0.717) is 17.1 Å². The SMILES string of the molecule is CCCCNC(=O)Nc1c(C)csc1C(=O)OC. The number of hydrogen-bond donors (Lipinski definition) is 2. The molecular weight excluding hydrogens is 252 g/mol. The van der Waals surface area contributed by atoms with Crippen molar-refractivity contribution in [3.63, 3.8) is 0 Å². The third-order valence-electron chi connectivity index (χ3n) is 2.40. The van der Waals surface area contributed by atoms with E-state index in [0.717, 1.165) is 18.4 Å². The number of amides is 2. The van der Waals surface area contributed by atoms with Gasteiger partial charge in [0.25, 0.3) is 0 Å². The van der Waals surface area contributed by atoms with Gasteiger partial charge in [0.1, 0.15) is 4.88 Å². The Labute approximate surface area is 111 Å². The van der Waals surface area contributed by atoms with Crippen LogP contribution in [0, 0.1) is 6.92 Å². The van der Waals surface area contributed by atoms with Crippen molar-refractivity contribution in [3.05, 3.63) is 15.8 Å². The first-order chi connectivity index (χ1) is 8.60. The van der Waals surface area contributed by atoms with Crippen LogP contribution in [-0.4, -0.2) is 25.7 Å². The second-order valence-electron chi connectivity index (χ2n) is 3.85. The van der Waals surface area contributed by atoms with Crippen LogP contribution in [0.5, 0.6) is 0 Å². The highest BCUT2D eigenvalue weighted by Gasteiger charge is 2.18. The number of carbonyl (C=O) groups excluding carboxylic acids is 2. The van der Waals surface area contributed by atoms with Crippen LogP contribution in [0.1, 0.15) is 35.0 Å². The van der Waals surface area contributed by atoms with Crippen LogP contribution >= 0.6 is 11.3 Å². The van der Waals surface area contributed by atoms with Crippen LogP contribution in [0.25, 0.3) is 0 Å². The van der Waals surface area contributed by atoms with Gasteiger partial charge in [-0.1, -0.05) is 13.3 Å². The van der Waals surface area contributed by atoms with Crippen LogP contribution < -0.4 is 10.6 Å². The van der Waals surface area contributed by atoms with Gasteiger partial charge in [0.15, 0.2) is 0 Å². The highest BCUT2D eigenvalue weighted by atomic mass is 32.1. The van der Waals surface area contributed by atoms with Crippen LogP contribution in [0.3, 0.4) is 0 Å². The second-order valence-corrected chi connectivity index (χ2v) is 4.73. The van der Waals surface area contributed by atoms with Gasteiger partial charge in [0, 0.05) is 6.54 Å². The maximum Gasteiger partial charge on any atom is 0.350 e. The minimum absolute atomic E-state index is 0.296. The van der Waals surface area contributed by atoms with Gasteiger partial charge in [-0.2, -0.15) is 0 Å². The van der Waals surface area contributed by atoms with Gasteiger partial charge in [-0.15, -0.1) is 11.3 Å². The van der Waals surface area contributed by atoms with E-state index in [2.05, 4.69) is 22.3 Å². The van der Waals surface area contributed by atoms with Crippen LogP contribution in [0.4, 0.5) is 10.5 Å². The van der Waals surface area contributed by atoms with Crippen molar-refractivity contribution >= 4 is 29.0 Å². The molecule has 1 rings (SSSR count). The third kappa shape index (κ3) is 3.73. The zero-order chi connectivity index (χ0) is 13.5. The molecule has 0 saturated carbocycles. The zero-order valence-corrected chi connectivity index (χ0v) is 11.6. The lowest BCUT2D eigenvalue weighted by molar-refractivity contribution is 0.0607. The number of hydrogen-bond acceptors (Lipinski definition) is 4. The summed E-state index contributed by atoms with van der Waals surface area (Å²) in [6.45, 7) is 4.52. The lowest BCUT2D eigenvalue weighted by Gasteiger charge is -2.08. The lowest BCUT2D eigenvalue weighted by Crippen LogP contribution is -2.30. The Bertz CT molecular complexity index is 429. The molecule has 0 spiro atoms. The molecule has 0 bridgehead atoms. The minimum atomic E-state index is -0.433. The number of methoxy groups -OCH3 is 1. The van der Waals surface area contributed by atoms with Crippen molar-refractivity contribution in [2.24, 2.45) is 0 Å². The molecule has 5 nitrogen and oxygen atoms in total. The van der Waals surface area contributed by atoms with Gasteiger partial charge >= 0.3 is 12.0 Å². The second kappa shape index (κ2) is 7.00. The summed E-state index contributed by atoms with van der Waals surface area (Å²) in [5.74, 6) is -0.433. The summed E-state index contributed by atoms with van der Waals surface area (Å²) < 4.78 is 4.67. The van der Waals surface area contributed by atoms with Crippen molar-refractivity contribution < 1.29 is 14.3 Å². The molecule has 2 amide bonds. The normalized spacial score (nSPS) is 9.94. The van der Waals surface area contributed by atoms with E-state index in [-0.39, 0.29) is 6.03 Å². The standard InChI is InChI=1S/C12H18N2O3S/c1-4-5-6-13-12(16)14-9-8(2)7-18-10(9)11(15)17-3/h7H,4-6H2,1-3H3,(H2,13,14,16). The van der Waals surface area contributed by atoms with E-state index in [1.165, 1.54) is 18.4 Å². The topological polar surface area (TPSA) is 67.4 Å². The maximum atomic E-state index is 11.6. The first-order valence-corrected chi connectivity index (χ1v) is 6.69. The fraction of sp³-hybridized carbons (Fsp3) is 0.500. The molecule has 2 N–H and O–H groups in total. The van der Waals surface area contributed by atoms with Gasteiger partial charge in [-0.05, 0) is 24.3 Å². The third-order valence-corrected chi connectivity index (χ3v) is 3.48. The van der Waals surface area contributed by atoms with E-state index >= 15 is 0 Å². The van der Waals surface area contributed by atoms with Crippen molar-refractivity contribution in [2.45, 2.75) is 26.7 Å². The van der Waals surface area contributed by atoms with Crippen LogP contribution in [-0.2, 0) is 4.74 Å². The first-order valence-electron chi connectivity index (χ1n) is 5.81. The fourth-order valence-electron chi connectivity index (χ4n) is 1.38. The van der Waals surface area contributed by atoms with Crippen molar-refractivity contribution in [3.8, 4) is 0 Å². The fourth-order valence-corrected chi connectivity index (χ4v) is 2.30. The van der Waals surface area contributed by atoms with Gasteiger partial charge in [0.05, 0.1) is 12.8 Å². The van der Waals surface area contributed by atoms with Gasteiger partial charge in [-0.25, -0.2) is 9.59 Å². The molecule has 0 atom stereocenters. The molecule has 0 saturated heterocycles. The van der Waals surface area contributed by atoms with Gasteiger partial charge in [0.2, 0.25) is 0 Å². The number of esters is 1. The molecule has 0 aromatic carbocycles. The Morgan fingerprint density at radius 2 is 2.17 bits per heavy atom. The number of unbranched alkanes of at least 4 members (excludes halogenated alkanes) is 1. The Balaban J connectivity index is 2.68. The Morgan fingerprint density at radius 1 is 1.44 bits per heavy atom. The van der Waals surface area contributed by atoms with Crippen LogP contribution in [0.15, 0.2) is 5.38 Å². The molecule has 0 aliphatic heterocycles. The predicted molar refractivity (Wildman–Crippen MR) is 72.3 cm³/mol. The number of anilines is 1. The molecule has 0 aliphatic rings. The van der Waals surface area contributed by atoms with Crippen molar-refractivity contribution in [2.75, 3.05) is 19.0 Å². The zero-order valence-electron chi connectivity index (χ0n) is 10.8. The average molecular weight is 270 g/mol. The quantitative estimate of drug-likeness (QED) is 0.638. The Morgan fingerprint density at radius 3 is 2.78 bits per heavy atom.